The van der Waals surface area contributed by atoms with Gasteiger partial charge in [-0.15, -0.1) is 0 Å². The molecule has 2 aliphatic carbocycles. The summed E-state index contributed by atoms with van der Waals surface area (Å²) < 4.78 is 5.64. The third-order valence-corrected chi connectivity index (χ3v) is 7.42. The van der Waals surface area contributed by atoms with Crippen molar-refractivity contribution >= 4 is 18.0 Å². The summed E-state index contributed by atoms with van der Waals surface area (Å²) in [7, 11) is 1.66. The Morgan fingerprint density at radius 3 is 2.26 bits per heavy atom. The number of aliphatic carboxylic acids is 1. The minimum atomic E-state index is -0.915. The van der Waals surface area contributed by atoms with Crippen molar-refractivity contribution in [3.05, 3.63) is 59.7 Å². The SMILES string of the molecule is CC(CN(C)C(=O)[C@H]1CCCC[C@H]1CNC(=O)OCC1c2ccccc2-c2ccccc21)C(=O)O. The zero-order valence-corrected chi connectivity index (χ0v) is 20.4. The lowest BCUT2D eigenvalue weighted by Crippen LogP contribution is -2.44. The molecule has 186 valence electrons. The number of benzene rings is 2. The summed E-state index contributed by atoms with van der Waals surface area (Å²) in [5.74, 6) is -1.78. The highest BCUT2D eigenvalue weighted by Gasteiger charge is 2.34. The van der Waals surface area contributed by atoms with E-state index in [2.05, 4.69) is 29.6 Å². The van der Waals surface area contributed by atoms with Crippen LogP contribution < -0.4 is 5.32 Å². The highest BCUT2D eigenvalue weighted by atomic mass is 16.5. The first-order valence-corrected chi connectivity index (χ1v) is 12.4. The summed E-state index contributed by atoms with van der Waals surface area (Å²) >= 11 is 0. The topological polar surface area (TPSA) is 95.9 Å². The molecule has 1 fully saturated rings. The van der Waals surface area contributed by atoms with Gasteiger partial charge >= 0.3 is 12.1 Å². The normalized spacial score (nSPS) is 19.8. The van der Waals surface area contributed by atoms with Gasteiger partial charge in [0.15, 0.2) is 0 Å². The summed E-state index contributed by atoms with van der Waals surface area (Å²) in [5.41, 5.74) is 4.69. The van der Waals surface area contributed by atoms with Crippen molar-refractivity contribution < 1.29 is 24.2 Å². The molecule has 3 atom stereocenters. The molecule has 2 aromatic rings. The Morgan fingerprint density at radius 1 is 1.03 bits per heavy atom. The van der Waals surface area contributed by atoms with E-state index in [1.165, 1.54) is 16.0 Å². The van der Waals surface area contributed by atoms with Gasteiger partial charge in [0.25, 0.3) is 0 Å². The van der Waals surface area contributed by atoms with Crippen molar-refractivity contribution in [2.75, 3.05) is 26.7 Å². The molecule has 35 heavy (non-hydrogen) atoms. The fourth-order valence-corrected chi connectivity index (χ4v) is 5.50. The van der Waals surface area contributed by atoms with Crippen LogP contribution in [0.25, 0.3) is 11.1 Å². The van der Waals surface area contributed by atoms with E-state index in [1.54, 1.807) is 14.0 Å². The van der Waals surface area contributed by atoms with Crippen molar-refractivity contribution in [3.63, 3.8) is 0 Å². The van der Waals surface area contributed by atoms with Crippen LogP contribution in [0.3, 0.4) is 0 Å². The smallest absolute Gasteiger partial charge is 0.407 e. The van der Waals surface area contributed by atoms with Crippen LogP contribution in [-0.2, 0) is 14.3 Å². The molecule has 0 aromatic heterocycles. The van der Waals surface area contributed by atoms with Gasteiger partial charge in [0, 0.05) is 32.0 Å². The molecule has 1 saturated carbocycles. The second-order valence-electron chi connectivity index (χ2n) is 9.82. The van der Waals surface area contributed by atoms with Gasteiger partial charge in [-0.05, 0) is 41.0 Å². The average Bonchev–Trinajstić information content (AvgIpc) is 3.19. The highest BCUT2D eigenvalue weighted by molar-refractivity contribution is 5.80. The molecule has 4 rings (SSSR count). The number of alkyl carbamates (subject to hydrolysis) is 1. The van der Waals surface area contributed by atoms with Crippen molar-refractivity contribution in [2.24, 2.45) is 17.8 Å². The van der Waals surface area contributed by atoms with Crippen molar-refractivity contribution in [1.82, 2.24) is 10.2 Å². The molecule has 0 spiro atoms. The Labute approximate surface area is 206 Å². The van der Waals surface area contributed by atoms with Crippen molar-refractivity contribution in [3.8, 4) is 11.1 Å². The number of amides is 2. The van der Waals surface area contributed by atoms with Gasteiger partial charge in [0.1, 0.15) is 6.61 Å². The fraction of sp³-hybridized carbons (Fsp3) is 0.464. The number of hydrogen-bond donors (Lipinski definition) is 2. The number of carboxylic acid groups (broad SMARTS) is 1. The van der Waals surface area contributed by atoms with Crippen LogP contribution in [-0.4, -0.2) is 54.7 Å². The molecule has 2 N–H and O–H groups in total. The number of nitrogens with one attached hydrogen (secondary N) is 1. The predicted octanol–water partition coefficient (Wildman–Crippen LogP) is 4.51. The van der Waals surface area contributed by atoms with Crippen LogP contribution in [0.15, 0.2) is 48.5 Å². The number of ether oxygens (including phenoxy) is 1. The summed E-state index contributed by atoms with van der Waals surface area (Å²) in [6.45, 7) is 2.40. The molecule has 2 amide bonds. The van der Waals surface area contributed by atoms with Crippen LogP contribution in [0.5, 0.6) is 0 Å². The largest absolute Gasteiger partial charge is 0.481 e. The van der Waals surface area contributed by atoms with E-state index < -0.39 is 18.0 Å². The predicted molar refractivity (Wildman–Crippen MR) is 133 cm³/mol. The molecule has 0 heterocycles. The first-order chi connectivity index (χ1) is 16.9. The third-order valence-electron chi connectivity index (χ3n) is 7.42. The molecule has 0 saturated heterocycles. The minimum absolute atomic E-state index is 0.00188. The second kappa shape index (κ2) is 10.9. The Morgan fingerprint density at radius 2 is 1.63 bits per heavy atom. The van der Waals surface area contributed by atoms with Gasteiger partial charge in [-0.25, -0.2) is 4.79 Å². The first-order valence-electron chi connectivity index (χ1n) is 12.4. The van der Waals surface area contributed by atoms with Gasteiger partial charge in [-0.1, -0.05) is 68.3 Å². The van der Waals surface area contributed by atoms with Crippen LogP contribution in [0.4, 0.5) is 4.79 Å². The van der Waals surface area contributed by atoms with Crippen LogP contribution in [0.1, 0.15) is 49.7 Å². The summed E-state index contributed by atoms with van der Waals surface area (Å²) in [6.07, 6.45) is 3.09. The maximum atomic E-state index is 13.0. The molecule has 7 nitrogen and oxygen atoms in total. The van der Waals surface area contributed by atoms with Gasteiger partial charge in [-0.2, -0.15) is 0 Å². The van der Waals surface area contributed by atoms with Crippen molar-refractivity contribution in [2.45, 2.75) is 38.5 Å². The van der Waals surface area contributed by atoms with E-state index in [1.807, 2.05) is 24.3 Å². The standard InChI is InChI=1S/C28H34N2O5/c1-18(27(32)33)16-30(2)26(31)20-10-4-3-9-19(20)15-29-28(34)35-17-25-23-13-7-5-11-21(23)22-12-6-8-14-24(22)25/h5-8,11-14,18-20,25H,3-4,9-10,15-17H2,1-2H3,(H,29,34)(H,32,33)/t18?,19-,20-/m0/s1. The lowest BCUT2D eigenvalue weighted by molar-refractivity contribution is -0.144. The molecular formula is C28H34N2O5. The number of nitrogens with zero attached hydrogens (tertiary/aromatic N) is 1. The number of rotatable bonds is 8. The van der Waals surface area contributed by atoms with Gasteiger partial charge in [0.05, 0.1) is 5.92 Å². The number of carbonyl (C=O) groups excluding carboxylic acids is 2. The molecule has 7 heteroatoms. The quantitative estimate of drug-likeness (QED) is 0.582. The number of fused-ring (bicyclic) bond motifs is 3. The molecule has 2 aromatic carbocycles. The fourth-order valence-electron chi connectivity index (χ4n) is 5.50. The Kier molecular flexibility index (Phi) is 7.73. The molecule has 0 aliphatic heterocycles. The van der Waals surface area contributed by atoms with Gasteiger partial charge in [0.2, 0.25) is 5.91 Å². The first kappa shape index (κ1) is 24.8. The molecule has 1 unspecified atom stereocenters. The Balaban J connectivity index is 1.32. The second-order valence-corrected chi connectivity index (χ2v) is 9.82. The van der Waals surface area contributed by atoms with Gasteiger partial charge < -0.3 is 20.1 Å². The highest BCUT2D eigenvalue weighted by Crippen LogP contribution is 2.44. The van der Waals surface area contributed by atoms with Crippen LogP contribution in [0.2, 0.25) is 0 Å². The van der Waals surface area contributed by atoms with E-state index in [0.29, 0.717) is 6.54 Å². The number of carboxylic acids is 1. The van der Waals surface area contributed by atoms with Crippen LogP contribution in [0, 0.1) is 17.8 Å². The third kappa shape index (κ3) is 5.50. The van der Waals surface area contributed by atoms with E-state index in [9.17, 15) is 14.4 Å². The lowest BCUT2D eigenvalue weighted by atomic mass is 9.78. The van der Waals surface area contributed by atoms with Gasteiger partial charge in [-0.3, -0.25) is 9.59 Å². The maximum Gasteiger partial charge on any atom is 0.407 e. The number of carbonyl (C=O) groups is 3. The zero-order chi connectivity index (χ0) is 24.9. The zero-order valence-electron chi connectivity index (χ0n) is 20.4. The number of hydrogen-bond acceptors (Lipinski definition) is 4. The maximum absolute atomic E-state index is 13.0. The van der Waals surface area contributed by atoms with E-state index in [4.69, 9.17) is 9.84 Å². The summed E-state index contributed by atoms with van der Waals surface area (Å²) in [6, 6.07) is 16.4. The van der Waals surface area contributed by atoms with Crippen molar-refractivity contribution in [1.29, 1.82) is 0 Å². The molecule has 0 radical (unpaired) electrons. The summed E-state index contributed by atoms with van der Waals surface area (Å²) in [4.78, 5) is 38.3. The summed E-state index contributed by atoms with van der Waals surface area (Å²) in [5, 5.41) is 12.0. The van der Waals surface area contributed by atoms with Crippen LogP contribution >= 0.6 is 0 Å². The Bertz CT molecular complexity index is 1040. The lowest BCUT2D eigenvalue weighted by Gasteiger charge is -2.34. The van der Waals surface area contributed by atoms with E-state index in [0.717, 1.165) is 36.8 Å². The molecule has 0 bridgehead atoms. The van der Waals surface area contributed by atoms with E-state index in [-0.39, 0.29) is 36.8 Å². The Hall–Kier alpha value is -3.35. The monoisotopic (exact) mass is 478 g/mol. The minimum Gasteiger partial charge on any atom is -0.481 e. The molecule has 2 aliphatic rings. The average molecular weight is 479 g/mol. The van der Waals surface area contributed by atoms with E-state index >= 15 is 0 Å². The molecular weight excluding hydrogens is 444 g/mol.